The number of benzene rings is 3. The van der Waals surface area contributed by atoms with Crippen molar-refractivity contribution in [3.05, 3.63) is 113 Å². The van der Waals surface area contributed by atoms with Crippen LogP contribution in [0.4, 0.5) is 0 Å². The van der Waals surface area contributed by atoms with E-state index in [1.165, 1.54) is 27.9 Å². The van der Waals surface area contributed by atoms with Gasteiger partial charge in [-0.15, -0.1) is 70.8 Å². The second-order valence-electron chi connectivity index (χ2n) is 9.20. The van der Waals surface area contributed by atoms with E-state index in [0.29, 0.717) is 0 Å². The monoisotopic (exact) mass is 653 g/mol. The number of rotatable bonds is 3. The minimum atomic E-state index is 0. The normalized spacial score (nSPS) is 10.4. The van der Waals surface area contributed by atoms with Crippen LogP contribution in [0.15, 0.2) is 67.1 Å². The van der Waals surface area contributed by atoms with Crippen LogP contribution in [0.1, 0.15) is 33.5 Å². The van der Waals surface area contributed by atoms with Gasteiger partial charge in [-0.1, -0.05) is 31.5 Å². The van der Waals surface area contributed by atoms with Gasteiger partial charge in [0.15, 0.2) is 0 Å². The molecular weight excluding hydrogens is 621 g/mol. The molecule has 0 fully saturated rings. The zero-order valence-electron chi connectivity index (χ0n) is 22.0. The van der Waals surface area contributed by atoms with Crippen LogP contribution in [0.25, 0.3) is 28.5 Å². The molecule has 5 rings (SSSR count). The average Bonchev–Trinajstić information content (AvgIpc) is 3.39. The zero-order chi connectivity index (χ0) is 25.1. The third-order valence-corrected chi connectivity index (χ3v) is 5.96. The molecule has 1 radical (unpaired) electrons. The molecule has 2 aromatic heterocycles. The topological polar surface area (TPSA) is 35.6 Å². The molecule has 0 amide bonds. The molecule has 0 saturated carbocycles. The van der Waals surface area contributed by atoms with Crippen molar-refractivity contribution in [3.8, 4) is 28.5 Å². The van der Waals surface area contributed by atoms with Crippen LogP contribution in [0.5, 0.6) is 0 Å². The largest absolute Gasteiger partial charge is 0.373 e. The zero-order valence-corrected chi connectivity index (χ0v) is 24.4. The van der Waals surface area contributed by atoms with Crippen molar-refractivity contribution in [3.63, 3.8) is 0 Å². The summed E-state index contributed by atoms with van der Waals surface area (Å²) in [5.41, 5.74) is 10.7. The van der Waals surface area contributed by atoms with E-state index < -0.39 is 0 Å². The van der Waals surface area contributed by atoms with Crippen LogP contribution in [0.3, 0.4) is 0 Å². The van der Waals surface area contributed by atoms with E-state index in [9.17, 15) is 0 Å². The summed E-state index contributed by atoms with van der Waals surface area (Å²) in [5.74, 6) is 1.92. The fourth-order valence-corrected chi connectivity index (χ4v) is 4.61. The maximum absolute atomic E-state index is 4.68. The molecule has 0 bridgehead atoms. The summed E-state index contributed by atoms with van der Waals surface area (Å²) >= 11 is 0. The Kier molecular flexibility index (Phi) is 8.84. The fourth-order valence-electron chi connectivity index (χ4n) is 4.61. The van der Waals surface area contributed by atoms with Gasteiger partial charge >= 0.3 is 0 Å². The maximum Gasteiger partial charge on any atom is 0.0605 e. The Morgan fingerprint density at radius 3 is 2.06 bits per heavy atom. The quantitative estimate of drug-likeness (QED) is 0.196. The van der Waals surface area contributed by atoms with Gasteiger partial charge in [0.1, 0.15) is 0 Å². The van der Waals surface area contributed by atoms with Gasteiger partial charge < -0.3 is 9.13 Å². The first-order chi connectivity index (χ1) is 16.7. The Hall–Kier alpha value is -3.27. The number of hydrogen-bond acceptors (Lipinski definition) is 2. The van der Waals surface area contributed by atoms with Gasteiger partial charge in [-0.3, -0.25) is 9.97 Å². The summed E-state index contributed by atoms with van der Waals surface area (Å²) in [4.78, 5) is 8.90. The predicted molar refractivity (Wildman–Crippen MR) is 144 cm³/mol. The molecule has 5 heteroatoms. The van der Waals surface area contributed by atoms with E-state index >= 15 is 0 Å². The molecule has 187 valence electrons. The SMILES string of the molecule is Cc1[c-]c(-c2ncc(C)n2-c2c(C)cc(C)cc2C)cc(C)c1.Cn1ccnc1-c1[c-]cccc1.[Ir]. The molecule has 2 heterocycles. The van der Waals surface area contributed by atoms with E-state index in [0.717, 1.165) is 34.0 Å². The molecule has 0 aliphatic rings. The first kappa shape index (κ1) is 27.3. The smallest absolute Gasteiger partial charge is 0.0605 e. The van der Waals surface area contributed by atoms with Crippen molar-refractivity contribution in [1.82, 2.24) is 19.1 Å². The Labute approximate surface area is 228 Å². The van der Waals surface area contributed by atoms with Crippen LogP contribution in [-0.2, 0) is 27.2 Å². The van der Waals surface area contributed by atoms with E-state index in [-0.39, 0.29) is 20.1 Å². The van der Waals surface area contributed by atoms with Crippen molar-refractivity contribution >= 4 is 0 Å². The summed E-state index contributed by atoms with van der Waals surface area (Å²) in [7, 11) is 1.98. The molecule has 4 nitrogen and oxygen atoms in total. The molecule has 36 heavy (non-hydrogen) atoms. The molecule has 0 aliphatic carbocycles. The minimum Gasteiger partial charge on any atom is -0.373 e. The van der Waals surface area contributed by atoms with Gasteiger partial charge in [0, 0.05) is 57.1 Å². The van der Waals surface area contributed by atoms with Crippen molar-refractivity contribution in [2.24, 2.45) is 7.05 Å². The number of hydrogen-bond donors (Lipinski definition) is 0. The molecule has 0 unspecified atom stereocenters. The van der Waals surface area contributed by atoms with E-state index in [1.807, 2.05) is 48.3 Å². The van der Waals surface area contributed by atoms with E-state index in [2.05, 4.69) is 92.5 Å². The van der Waals surface area contributed by atoms with Crippen molar-refractivity contribution in [1.29, 1.82) is 0 Å². The van der Waals surface area contributed by atoms with E-state index in [4.69, 9.17) is 0 Å². The Bertz CT molecular complexity index is 1420. The fraction of sp³-hybridized carbons (Fsp3) is 0.226. The van der Waals surface area contributed by atoms with Crippen LogP contribution in [0, 0.1) is 53.7 Å². The van der Waals surface area contributed by atoms with Gasteiger partial charge in [-0.25, -0.2) is 0 Å². The van der Waals surface area contributed by atoms with Crippen LogP contribution < -0.4 is 0 Å². The Morgan fingerprint density at radius 1 is 0.778 bits per heavy atom. The van der Waals surface area contributed by atoms with Crippen molar-refractivity contribution in [2.45, 2.75) is 41.5 Å². The summed E-state index contributed by atoms with van der Waals surface area (Å²) in [6.07, 6.45) is 5.66. The third-order valence-electron chi connectivity index (χ3n) is 5.96. The first-order valence-electron chi connectivity index (χ1n) is 11.8. The Morgan fingerprint density at radius 2 is 1.47 bits per heavy atom. The molecule has 3 aromatic carbocycles. The summed E-state index contributed by atoms with van der Waals surface area (Å²) < 4.78 is 4.24. The molecule has 0 spiro atoms. The number of aryl methyl sites for hydroxylation is 7. The average molecular weight is 653 g/mol. The number of nitrogens with zero attached hydrogens (tertiary/aromatic N) is 4. The molecule has 5 aromatic rings. The standard InChI is InChI=1S/C21H23N2.C10H9N2.Ir/c1-13-7-14(2)11-19(10-13)21-22-12-18(6)23(21)20-16(4)8-15(3)9-17(20)5;1-12-8-7-11-10(12)9-5-3-2-4-6-9;/h7-10,12H,1-6H3;2-5,7-8H,1H3;/q2*-1;. The van der Waals surface area contributed by atoms with Crippen molar-refractivity contribution < 1.29 is 20.1 Å². The predicted octanol–water partition coefficient (Wildman–Crippen LogP) is 7.07. The second kappa shape index (κ2) is 11.6. The van der Waals surface area contributed by atoms with Crippen LogP contribution in [-0.4, -0.2) is 19.1 Å². The van der Waals surface area contributed by atoms with Crippen LogP contribution in [0.2, 0.25) is 0 Å². The van der Waals surface area contributed by atoms with Gasteiger partial charge in [0.2, 0.25) is 0 Å². The third kappa shape index (κ3) is 5.92. The Balaban J connectivity index is 0.000000234. The number of imidazole rings is 2. The maximum atomic E-state index is 4.68. The molecule has 0 atom stereocenters. The number of aromatic nitrogens is 4. The van der Waals surface area contributed by atoms with Gasteiger partial charge in [0.25, 0.3) is 0 Å². The summed E-state index contributed by atoms with van der Waals surface area (Å²) in [5, 5.41) is 0. The van der Waals surface area contributed by atoms with Crippen LogP contribution >= 0.6 is 0 Å². The summed E-state index contributed by atoms with van der Waals surface area (Å²) in [6.45, 7) is 12.8. The summed E-state index contributed by atoms with van der Waals surface area (Å²) in [6, 6.07) is 23.2. The minimum absolute atomic E-state index is 0. The molecular formula is C31H32IrN4-2. The second-order valence-corrected chi connectivity index (χ2v) is 9.20. The van der Waals surface area contributed by atoms with E-state index in [1.54, 1.807) is 6.20 Å². The molecule has 0 aliphatic heterocycles. The van der Waals surface area contributed by atoms with Crippen molar-refractivity contribution in [2.75, 3.05) is 0 Å². The molecule has 0 saturated heterocycles. The van der Waals surface area contributed by atoms with Gasteiger partial charge in [-0.2, -0.15) is 0 Å². The van der Waals surface area contributed by atoms with Gasteiger partial charge in [0.05, 0.1) is 11.6 Å². The van der Waals surface area contributed by atoms with Gasteiger partial charge in [-0.05, 0) is 38.8 Å². The molecule has 0 N–H and O–H groups in total. The first-order valence-corrected chi connectivity index (χ1v) is 11.8.